The van der Waals surface area contributed by atoms with E-state index >= 15 is 0 Å². The summed E-state index contributed by atoms with van der Waals surface area (Å²) in [6.07, 6.45) is 1.64. The highest BCUT2D eigenvalue weighted by Crippen LogP contribution is 2.21. The van der Waals surface area contributed by atoms with E-state index in [1.807, 2.05) is 6.07 Å². The molecule has 0 atom stereocenters. The van der Waals surface area contributed by atoms with Crippen LogP contribution in [0.4, 0.5) is 10.2 Å². The number of nitrogens with one attached hydrogen (secondary N) is 1. The fraction of sp³-hybridized carbons (Fsp3) is 0.333. The van der Waals surface area contributed by atoms with Crippen LogP contribution >= 0.6 is 27.5 Å². The van der Waals surface area contributed by atoms with E-state index in [-0.39, 0.29) is 11.7 Å². The van der Waals surface area contributed by atoms with Gasteiger partial charge in [-0.1, -0.05) is 17.7 Å². The molecule has 5 nitrogen and oxygen atoms in total. The molecule has 3 rings (SSSR count). The molecule has 0 unspecified atom stereocenters. The number of halogens is 3. The molecule has 1 saturated heterocycles. The topological polar surface area (TPSA) is 48.5 Å². The van der Waals surface area contributed by atoms with Crippen molar-refractivity contribution in [3.63, 3.8) is 0 Å². The molecule has 1 aliphatic rings. The van der Waals surface area contributed by atoms with Gasteiger partial charge in [-0.3, -0.25) is 14.6 Å². The van der Waals surface area contributed by atoms with Gasteiger partial charge in [-0.05, 0) is 40.2 Å². The van der Waals surface area contributed by atoms with Crippen LogP contribution in [0.25, 0.3) is 0 Å². The van der Waals surface area contributed by atoms with Crippen LogP contribution < -0.4 is 5.32 Å². The molecule has 1 fully saturated rings. The normalized spacial score (nSPS) is 15.8. The number of amides is 1. The van der Waals surface area contributed by atoms with Crippen LogP contribution in [0.2, 0.25) is 5.02 Å². The number of carbonyl (C=O) groups excluding carboxylic acids is 1. The van der Waals surface area contributed by atoms with Crippen LogP contribution in [0.5, 0.6) is 0 Å². The minimum absolute atomic E-state index is 0.0922. The molecule has 8 heteroatoms. The number of anilines is 1. The molecule has 26 heavy (non-hydrogen) atoms. The number of rotatable bonds is 5. The monoisotopic (exact) mass is 440 g/mol. The Kier molecular flexibility index (Phi) is 6.58. The van der Waals surface area contributed by atoms with Crippen molar-refractivity contribution in [3.8, 4) is 0 Å². The predicted octanol–water partition coefficient (Wildman–Crippen LogP) is 3.39. The van der Waals surface area contributed by atoms with Gasteiger partial charge in [-0.25, -0.2) is 9.37 Å². The summed E-state index contributed by atoms with van der Waals surface area (Å²) in [5.41, 5.74) is 0.529. The van der Waals surface area contributed by atoms with E-state index in [4.69, 9.17) is 11.6 Å². The first-order valence-electron chi connectivity index (χ1n) is 8.30. The maximum Gasteiger partial charge on any atom is 0.239 e. The minimum atomic E-state index is -0.277. The Morgan fingerprint density at radius 2 is 1.92 bits per heavy atom. The van der Waals surface area contributed by atoms with E-state index in [9.17, 15) is 9.18 Å². The van der Waals surface area contributed by atoms with Gasteiger partial charge in [0.15, 0.2) is 0 Å². The SMILES string of the molecule is O=C(CN1CCN(Cc2c(F)cccc2Cl)CC1)Nc1ccc(Br)cn1. The lowest BCUT2D eigenvalue weighted by molar-refractivity contribution is -0.117. The van der Waals surface area contributed by atoms with Crippen molar-refractivity contribution >= 4 is 39.3 Å². The Hall–Kier alpha value is -1.54. The highest BCUT2D eigenvalue weighted by Gasteiger charge is 2.21. The molecule has 1 aromatic heterocycles. The summed E-state index contributed by atoms with van der Waals surface area (Å²) in [6, 6.07) is 8.32. The highest BCUT2D eigenvalue weighted by atomic mass is 79.9. The van der Waals surface area contributed by atoms with Crippen molar-refractivity contribution in [2.75, 3.05) is 38.0 Å². The van der Waals surface area contributed by atoms with Crippen molar-refractivity contribution in [1.29, 1.82) is 0 Å². The first-order chi connectivity index (χ1) is 12.5. The van der Waals surface area contributed by atoms with Crippen molar-refractivity contribution in [2.24, 2.45) is 0 Å². The fourth-order valence-corrected chi connectivity index (χ4v) is 3.31. The van der Waals surface area contributed by atoms with Gasteiger partial charge >= 0.3 is 0 Å². The van der Waals surface area contributed by atoms with E-state index in [1.54, 1.807) is 24.4 Å². The second-order valence-electron chi connectivity index (χ2n) is 6.16. The second kappa shape index (κ2) is 8.90. The molecule has 1 aromatic carbocycles. The highest BCUT2D eigenvalue weighted by molar-refractivity contribution is 9.10. The number of pyridine rings is 1. The van der Waals surface area contributed by atoms with Crippen LogP contribution in [0, 0.1) is 5.82 Å². The second-order valence-corrected chi connectivity index (χ2v) is 7.49. The zero-order valence-electron chi connectivity index (χ0n) is 14.1. The van der Waals surface area contributed by atoms with Gasteiger partial charge in [-0.15, -0.1) is 0 Å². The number of hydrogen-bond acceptors (Lipinski definition) is 4. The largest absolute Gasteiger partial charge is 0.310 e. The van der Waals surface area contributed by atoms with E-state index in [1.165, 1.54) is 6.07 Å². The van der Waals surface area contributed by atoms with Gasteiger partial charge in [-0.2, -0.15) is 0 Å². The summed E-state index contributed by atoms with van der Waals surface area (Å²) in [4.78, 5) is 20.5. The van der Waals surface area contributed by atoms with Crippen LogP contribution in [0.1, 0.15) is 5.56 Å². The number of piperazine rings is 1. The van der Waals surface area contributed by atoms with Gasteiger partial charge in [0.05, 0.1) is 6.54 Å². The van der Waals surface area contributed by atoms with Crippen molar-refractivity contribution in [3.05, 3.63) is 57.4 Å². The summed E-state index contributed by atoms with van der Waals surface area (Å²) < 4.78 is 14.8. The van der Waals surface area contributed by atoms with Crippen molar-refractivity contribution in [2.45, 2.75) is 6.54 Å². The molecule has 1 amide bonds. The van der Waals surface area contributed by atoms with Gasteiger partial charge in [0.2, 0.25) is 5.91 Å². The van der Waals surface area contributed by atoms with Crippen LogP contribution in [-0.2, 0) is 11.3 Å². The van der Waals surface area contributed by atoms with Crippen molar-refractivity contribution < 1.29 is 9.18 Å². The zero-order chi connectivity index (χ0) is 18.5. The third kappa shape index (κ3) is 5.23. The molecule has 2 heterocycles. The third-order valence-corrected chi connectivity index (χ3v) is 5.09. The predicted molar refractivity (Wildman–Crippen MR) is 104 cm³/mol. The van der Waals surface area contributed by atoms with Gasteiger partial charge in [0, 0.05) is 54.0 Å². The fourth-order valence-electron chi connectivity index (χ4n) is 2.85. The lowest BCUT2D eigenvalue weighted by Crippen LogP contribution is -2.48. The van der Waals surface area contributed by atoms with E-state index in [2.05, 4.69) is 36.0 Å². The number of carbonyl (C=O) groups is 1. The lowest BCUT2D eigenvalue weighted by Gasteiger charge is -2.34. The molecule has 0 aliphatic carbocycles. The average molecular weight is 442 g/mol. The molecule has 0 radical (unpaired) electrons. The van der Waals surface area contributed by atoms with Crippen LogP contribution in [0.3, 0.4) is 0 Å². The minimum Gasteiger partial charge on any atom is -0.310 e. The first-order valence-corrected chi connectivity index (χ1v) is 9.47. The van der Waals surface area contributed by atoms with Crippen LogP contribution in [0.15, 0.2) is 41.0 Å². The molecule has 1 N–H and O–H groups in total. The smallest absolute Gasteiger partial charge is 0.239 e. The molecule has 0 bridgehead atoms. The number of aromatic nitrogens is 1. The summed E-state index contributed by atoms with van der Waals surface area (Å²) >= 11 is 9.40. The lowest BCUT2D eigenvalue weighted by atomic mass is 10.2. The first kappa shape index (κ1) is 19.2. The Balaban J connectivity index is 1.46. The Morgan fingerprint density at radius 3 is 2.58 bits per heavy atom. The standard InChI is InChI=1S/C18H19BrClFN4O/c19-13-4-5-17(22-10-13)23-18(26)12-25-8-6-24(7-9-25)11-14-15(20)2-1-3-16(14)21/h1-5,10H,6-9,11-12H2,(H,22,23,26). The van der Waals surface area contributed by atoms with Gasteiger partial charge in [0.1, 0.15) is 11.6 Å². The van der Waals surface area contributed by atoms with Gasteiger partial charge < -0.3 is 5.32 Å². The molecule has 0 spiro atoms. The van der Waals surface area contributed by atoms with Crippen molar-refractivity contribution in [1.82, 2.24) is 14.8 Å². The molecule has 2 aromatic rings. The van der Waals surface area contributed by atoms with Crippen LogP contribution in [-0.4, -0.2) is 53.4 Å². The molecule has 138 valence electrons. The number of benzene rings is 1. The Bertz CT molecular complexity index is 746. The summed E-state index contributed by atoms with van der Waals surface area (Å²) in [6.45, 7) is 3.80. The molecule has 0 saturated carbocycles. The third-order valence-electron chi connectivity index (χ3n) is 4.27. The quantitative estimate of drug-likeness (QED) is 0.773. The molecular weight excluding hydrogens is 423 g/mol. The summed E-state index contributed by atoms with van der Waals surface area (Å²) in [7, 11) is 0. The summed E-state index contributed by atoms with van der Waals surface area (Å²) in [5.74, 6) is 0.165. The maximum absolute atomic E-state index is 13.9. The van der Waals surface area contributed by atoms with E-state index < -0.39 is 0 Å². The maximum atomic E-state index is 13.9. The van der Waals surface area contributed by atoms with E-state index in [0.717, 1.165) is 30.7 Å². The Morgan fingerprint density at radius 1 is 1.19 bits per heavy atom. The average Bonchev–Trinajstić information content (AvgIpc) is 2.62. The number of hydrogen-bond donors (Lipinski definition) is 1. The summed E-state index contributed by atoms with van der Waals surface area (Å²) in [5, 5.41) is 3.24. The Labute approximate surface area is 165 Å². The zero-order valence-corrected chi connectivity index (χ0v) is 16.4. The molecular formula is C18H19BrClFN4O. The number of nitrogens with zero attached hydrogens (tertiary/aromatic N) is 3. The molecule has 1 aliphatic heterocycles. The van der Waals surface area contributed by atoms with Gasteiger partial charge in [0.25, 0.3) is 0 Å². The van der Waals surface area contributed by atoms with E-state index in [0.29, 0.717) is 29.5 Å².